The van der Waals surface area contributed by atoms with E-state index in [1.165, 1.54) is 6.07 Å². The summed E-state index contributed by atoms with van der Waals surface area (Å²) in [6.07, 6.45) is 4.02. The number of anilines is 1. The van der Waals surface area contributed by atoms with Crippen LogP contribution in [0.3, 0.4) is 0 Å². The first-order chi connectivity index (χ1) is 8.68. The van der Waals surface area contributed by atoms with E-state index in [1.807, 2.05) is 0 Å². The zero-order valence-electron chi connectivity index (χ0n) is 9.39. The zero-order chi connectivity index (χ0) is 13.0. The topological polar surface area (TPSA) is 83.8 Å². The van der Waals surface area contributed by atoms with Gasteiger partial charge >= 0.3 is 0 Å². The molecule has 7 heteroatoms. The van der Waals surface area contributed by atoms with E-state index in [4.69, 9.17) is 11.6 Å². The molecule has 0 fully saturated rings. The van der Waals surface area contributed by atoms with Gasteiger partial charge in [0, 0.05) is 31.4 Å². The van der Waals surface area contributed by atoms with Gasteiger partial charge in [0.15, 0.2) is 0 Å². The third-order valence-electron chi connectivity index (χ3n) is 2.41. The lowest BCUT2D eigenvalue weighted by atomic mass is 10.2. The van der Waals surface area contributed by atoms with Crippen LogP contribution in [0.2, 0.25) is 5.02 Å². The molecule has 0 bridgehead atoms. The van der Waals surface area contributed by atoms with Crippen molar-refractivity contribution in [3.63, 3.8) is 0 Å². The second-order valence-corrected chi connectivity index (χ2v) is 4.01. The number of benzene rings is 1. The second kappa shape index (κ2) is 5.50. The lowest BCUT2D eigenvalue weighted by molar-refractivity contribution is -0.383. The van der Waals surface area contributed by atoms with Crippen molar-refractivity contribution in [3.05, 3.63) is 51.6 Å². The fraction of sp³-hybridized carbons (Fsp3) is 0.182. The number of nitro benzene ring substituents is 1. The molecule has 2 N–H and O–H groups in total. The fourth-order valence-corrected chi connectivity index (χ4v) is 1.82. The fourth-order valence-electron chi connectivity index (χ4n) is 1.58. The average Bonchev–Trinajstić information content (AvgIpc) is 2.84. The number of rotatable bonds is 5. The van der Waals surface area contributed by atoms with Crippen LogP contribution in [0, 0.1) is 10.1 Å². The third kappa shape index (κ3) is 2.78. The van der Waals surface area contributed by atoms with Crippen molar-refractivity contribution in [1.82, 2.24) is 9.97 Å². The van der Waals surface area contributed by atoms with Gasteiger partial charge in [-0.1, -0.05) is 17.7 Å². The maximum Gasteiger partial charge on any atom is 0.293 e. The van der Waals surface area contributed by atoms with E-state index in [0.29, 0.717) is 23.7 Å². The molecule has 0 aliphatic carbocycles. The Morgan fingerprint density at radius 2 is 2.33 bits per heavy atom. The quantitative estimate of drug-likeness (QED) is 0.644. The summed E-state index contributed by atoms with van der Waals surface area (Å²) >= 11 is 5.94. The van der Waals surface area contributed by atoms with Crippen LogP contribution in [0.1, 0.15) is 5.82 Å². The van der Waals surface area contributed by atoms with Gasteiger partial charge in [-0.05, 0) is 6.07 Å². The molecule has 0 saturated heterocycles. The SMILES string of the molecule is O=[N+]([O-])c1cccc(Cl)c1NCCc1ncc[nH]1. The molecule has 1 aromatic heterocycles. The van der Waals surface area contributed by atoms with Crippen LogP contribution in [0.5, 0.6) is 0 Å². The van der Waals surface area contributed by atoms with Crippen molar-refractivity contribution in [2.75, 3.05) is 11.9 Å². The summed E-state index contributed by atoms with van der Waals surface area (Å²) in [5, 5.41) is 14.2. The van der Waals surface area contributed by atoms with Crippen LogP contribution in [-0.2, 0) is 6.42 Å². The number of para-hydroxylation sites is 1. The highest BCUT2D eigenvalue weighted by Crippen LogP contribution is 2.31. The van der Waals surface area contributed by atoms with E-state index in [-0.39, 0.29) is 5.69 Å². The number of aromatic nitrogens is 2. The summed E-state index contributed by atoms with van der Waals surface area (Å²) in [6.45, 7) is 0.512. The summed E-state index contributed by atoms with van der Waals surface area (Å²) in [5.74, 6) is 0.817. The maximum atomic E-state index is 10.9. The average molecular weight is 267 g/mol. The molecule has 0 radical (unpaired) electrons. The summed E-state index contributed by atoms with van der Waals surface area (Å²) in [7, 11) is 0. The Morgan fingerprint density at radius 1 is 1.50 bits per heavy atom. The molecular weight excluding hydrogens is 256 g/mol. The number of aromatic amines is 1. The smallest absolute Gasteiger partial charge is 0.293 e. The van der Waals surface area contributed by atoms with Crippen LogP contribution < -0.4 is 5.32 Å². The molecule has 2 aromatic rings. The Balaban J connectivity index is 2.06. The van der Waals surface area contributed by atoms with Gasteiger partial charge in [-0.2, -0.15) is 0 Å². The standard InChI is InChI=1S/C11H11ClN4O2/c12-8-2-1-3-9(16(17)18)11(8)15-5-4-10-13-6-7-14-10/h1-3,6-7,15H,4-5H2,(H,13,14). The molecule has 0 saturated carbocycles. The molecule has 1 aromatic carbocycles. The number of H-pyrrole nitrogens is 1. The second-order valence-electron chi connectivity index (χ2n) is 3.60. The highest BCUT2D eigenvalue weighted by atomic mass is 35.5. The van der Waals surface area contributed by atoms with Gasteiger partial charge in [0.05, 0.1) is 9.95 Å². The van der Waals surface area contributed by atoms with E-state index >= 15 is 0 Å². The summed E-state index contributed by atoms with van der Waals surface area (Å²) in [4.78, 5) is 17.4. The number of imidazole rings is 1. The number of nitrogens with zero attached hydrogens (tertiary/aromatic N) is 2. The molecule has 0 atom stereocenters. The first kappa shape index (κ1) is 12.4. The normalized spacial score (nSPS) is 10.3. The number of nitrogens with one attached hydrogen (secondary N) is 2. The minimum Gasteiger partial charge on any atom is -0.378 e. The highest BCUT2D eigenvalue weighted by molar-refractivity contribution is 6.33. The first-order valence-electron chi connectivity index (χ1n) is 5.33. The largest absolute Gasteiger partial charge is 0.378 e. The lowest BCUT2D eigenvalue weighted by Gasteiger charge is -2.07. The van der Waals surface area contributed by atoms with Gasteiger partial charge in [-0.25, -0.2) is 4.98 Å². The van der Waals surface area contributed by atoms with Crippen LogP contribution in [0.25, 0.3) is 0 Å². The van der Waals surface area contributed by atoms with Crippen molar-refractivity contribution in [2.24, 2.45) is 0 Å². The molecule has 0 spiro atoms. The van der Waals surface area contributed by atoms with Crippen molar-refractivity contribution in [1.29, 1.82) is 0 Å². The van der Waals surface area contributed by atoms with Crippen LogP contribution in [-0.4, -0.2) is 21.4 Å². The van der Waals surface area contributed by atoms with E-state index in [1.54, 1.807) is 24.5 Å². The molecule has 94 valence electrons. The Labute approximate surface area is 108 Å². The molecule has 2 rings (SSSR count). The predicted molar refractivity (Wildman–Crippen MR) is 68.9 cm³/mol. The molecular formula is C11H11ClN4O2. The van der Waals surface area contributed by atoms with Gasteiger partial charge in [-0.15, -0.1) is 0 Å². The van der Waals surface area contributed by atoms with E-state index in [2.05, 4.69) is 15.3 Å². The van der Waals surface area contributed by atoms with Gasteiger partial charge in [0.1, 0.15) is 11.5 Å². The highest BCUT2D eigenvalue weighted by Gasteiger charge is 2.15. The van der Waals surface area contributed by atoms with E-state index in [9.17, 15) is 10.1 Å². The number of nitro groups is 1. The zero-order valence-corrected chi connectivity index (χ0v) is 10.1. The third-order valence-corrected chi connectivity index (χ3v) is 2.72. The van der Waals surface area contributed by atoms with Crippen molar-refractivity contribution < 1.29 is 4.92 Å². The van der Waals surface area contributed by atoms with Gasteiger partial charge in [-0.3, -0.25) is 10.1 Å². The summed E-state index contributed by atoms with van der Waals surface area (Å²) in [5.41, 5.74) is 0.317. The minimum atomic E-state index is -0.457. The monoisotopic (exact) mass is 266 g/mol. The maximum absolute atomic E-state index is 10.9. The molecule has 0 unspecified atom stereocenters. The van der Waals surface area contributed by atoms with Crippen molar-refractivity contribution in [3.8, 4) is 0 Å². The predicted octanol–water partition coefficient (Wildman–Crippen LogP) is 2.63. The Hall–Kier alpha value is -2.08. The van der Waals surface area contributed by atoms with Gasteiger partial charge in [0.25, 0.3) is 5.69 Å². The summed E-state index contributed by atoms with van der Waals surface area (Å²) in [6, 6.07) is 4.59. The summed E-state index contributed by atoms with van der Waals surface area (Å²) < 4.78 is 0. The van der Waals surface area contributed by atoms with Crippen LogP contribution in [0.15, 0.2) is 30.6 Å². The Kier molecular flexibility index (Phi) is 3.78. The molecule has 0 aliphatic rings. The number of hydrogen-bond donors (Lipinski definition) is 2. The van der Waals surface area contributed by atoms with E-state index < -0.39 is 4.92 Å². The number of hydrogen-bond acceptors (Lipinski definition) is 4. The lowest BCUT2D eigenvalue weighted by Crippen LogP contribution is -2.08. The van der Waals surface area contributed by atoms with Crippen LogP contribution >= 0.6 is 11.6 Å². The molecule has 18 heavy (non-hydrogen) atoms. The minimum absolute atomic E-state index is 0.0260. The van der Waals surface area contributed by atoms with E-state index in [0.717, 1.165) is 5.82 Å². The molecule has 1 heterocycles. The molecule has 6 nitrogen and oxygen atoms in total. The van der Waals surface area contributed by atoms with Crippen molar-refractivity contribution in [2.45, 2.75) is 6.42 Å². The Bertz CT molecular complexity index is 542. The van der Waals surface area contributed by atoms with Gasteiger partial charge < -0.3 is 10.3 Å². The molecule has 0 aliphatic heterocycles. The Morgan fingerprint density at radius 3 is 3.00 bits per heavy atom. The molecule has 0 amide bonds. The van der Waals surface area contributed by atoms with Crippen molar-refractivity contribution >= 4 is 23.0 Å². The van der Waals surface area contributed by atoms with Gasteiger partial charge in [0.2, 0.25) is 0 Å². The first-order valence-corrected chi connectivity index (χ1v) is 5.71. The number of halogens is 1. The van der Waals surface area contributed by atoms with Crippen LogP contribution in [0.4, 0.5) is 11.4 Å².